The van der Waals surface area contributed by atoms with Gasteiger partial charge in [0.2, 0.25) is 5.91 Å². The highest BCUT2D eigenvalue weighted by molar-refractivity contribution is 5.85. The lowest BCUT2D eigenvalue weighted by molar-refractivity contribution is -0.125. The lowest BCUT2D eigenvalue weighted by atomic mass is 9.71. The molecule has 0 aromatic rings. The van der Waals surface area contributed by atoms with Gasteiger partial charge in [0.1, 0.15) is 0 Å². The number of hydrogen-bond donors (Lipinski definition) is 2. The average molecular weight is 370 g/mol. The van der Waals surface area contributed by atoms with E-state index in [1.54, 1.807) is 0 Å². The third-order valence-corrected chi connectivity index (χ3v) is 5.16. The maximum Gasteiger partial charge on any atom is 0.220 e. The van der Waals surface area contributed by atoms with Gasteiger partial charge in [0, 0.05) is 19.0 Å². The van der Waals surface area contributed by atoms with Gasteiger partial charge in [-0.15, -0.1) is 24.8 Å². The molecular weight excluding hydrogens is 333 g/mol. The molecule has 0 aromatic carbocycles. The van der Waals surface area contributed by atoms with E-state index in [1.807, 2.05) is 0 Å². The second kappa shape index (κ2) is 10.8. The monoisotopic (exact) mass is 369 g/mol. The van der Waals surface area contributed by atoms with E-state index in [1.165, 1.54) is 19.3 Å². The molecule has 1 aliphatic rings. The molecule has 0 radical (unpaired) electrons. The molecule has 0 saturated heterocycles. The first-order valence-corrected chi connectivity index (χ1v) is 8.35. The van der Waals surface area contributed by atoms with Gasteiger partial charge in [-0.1, -0.05) is 33.1 Å². The lowest BCUT2D eigenvalue weighted by Crippen LogP contribution is -2.49. The van der Waals surface area contributed by atoms with Crippen LogP contribution < -0.4 is 11.1 Å². The molecule has 3 N–H and O–H groups in total. The summed E-state index contributed by atoms with van der Waals surface area (Å²) in [6.45, 7) is 8.11. The van der Waals surface area contributed by atoms with Crippen LogP contribution in [0.15, 0.2) is 0 Å². The Hall–Kier alpha value is -0.0300. The third kappa shape index (κ3) is 8.06. The molecule has 0 bridgehead atoms. The maximum absolute atomic E-state index is 12.4. The van der Waals surface area contributed by atoms with Gasteiger partial charge >= 0.3 is 0 Å². The molecule has 23 heavy (non-hydrogen) atoms. The van der Waals surface area contributed by atoms with Crippen molar-refractivity contribution in [2.75, 3.05) is 27.2 Å². The topological polar surface area (TPSA) is 58.4 Å². The predicted octanol–water partition coefficient (Wildman–Crippen LogP) is 3.22. The van der Waals surface area contributed by atoms with Crippen molar-refractivity contribution < 1.29 is 4.79 Å². The van der Waals surface area contributed by atoms with E-state index in [-0.39, 0.29) is 47.6 Å². The number of carbonyl (C=O) groups excluding carboxylic acids is 1. The average Bonchev–Trinajstić information content (AvgIpc) is 2.38. The van der Waals surface area contributed by atoms with Gasteiger partial charge in [-0.05, 0) is 51.2 Å². The summed E-state index contributed by atoms with van der Waals surface area (Å²) in [5.74, 6) is 0.168. The fraction of sp³-hybridized carbons (Fsp3) is 0.941. The molecule has 0 aromatic heterocycles. The fourth-order valence-electron chi connectivity index (χ4n) is 3.54. The largest absolute Gasteiger partial charge is 0.353 e. The summed E-state index contributed by atoms with van der Waals surface area (Å²) in [5.41, 5.74) is 6.09. The maximum atomic E-state index is 12.4. The number of nitrogens with one attached hydrogen (secondary N) is 1. The molecule has 1 rings (SSSR count). The smallest absolute Gasteiger partial charge is 0.220 e. The van der Waals surface area contributed by atoms with Crippen molar-refractivity contribution in [1.82, 2.24) is 10.2 Å². The Bertz CT molecular complexity index is 343. The van der Waals surface area contributed by atoms with Crippen molar-refractivity contribution in [2.24, 2.45) is 16.6 Å². The van der Waals surface area contributed by atoms with Crippen molar-refractivity contribution in [1.29, 1.82) is 0 Å². The highest BCUT2D eigenvalue weighted by Gasteiger charge is 2.34. The summed E-state index contributed by atoms with van der Waals surface area (Å²) in [6, 6.07) is 0.158. The molecule has 0 aliphatic heterocycles. The van der Waals surface area contributed by atoms with Crippen molar-refractivity contribution in [3.63, 3.8) is 0 Å². The lowest BCUT2D eigenvalue weighted by Gasteiger charge is -2.38. The zero-order chi connectivity index (χ0) is 16.1. The molecular formula is C17H37Cl2N3O. The Labute approximate surface area is 155 Å². The molecule has 6 heteroatoms. The normalized spacial score (nSPS) is 18.6. The molecule has 0 spiro atoms. The Morgan fingerprint density at radius 2 is 1.74 bits per heavy atom. The van der Waals surface area contributed by atoms with Gasteiger partial charge in [-0.3, -0.25) is 4.79 Å². The van der Waals surface area contributed by atoms with E-state index in [0.717, 1.165) is 19.4 Å². The van der Waals surface area contributed by atoms with Gasteiger partial charge in [-0.2, -0.15) is 0 Å². The molecule has 4 nitrogen and oxygen atoms in total. The molecule has 1 unspecified atom stereocenters. The molecule has 1 saturated carbocycles. The minimum absolute atomic E-state index is 0. The van der Waals surface area contributed by atoms with Gasteiger partial charge in [0.15, 0.2) is 0 Å². The molecule has 1 atom stereocenters. The van der Waals surface area contributed by atoms with Crippen LogP contribution in [0, 0.1) is 10.8 Å². The Balaban J connectivity index is 0. The number of halogens is 2. The summed E-state index contributed by atoms with van der Waals surface area (Å²) in [6.07, 6.45) is 6.51. The molecule has 1 amide bonds. The van der Waals surface area contributed by atoms with Gasteiger partial charge < -0.3 is 16.0 Å². The number of rotatable bonds is 7. The molecule has 0 heterocycles. The number of amides is 1. The minimum Gasteiger partial charge on any atom is -0.353 e. The van der Waals surface area contributed by atoms with Crippen molar-refractivity contribution in [3.05, 3.63) is 0 Å². The van der Waals surface area contributed by atoms with E-state index < -0.39 is 0 Å². The zero-order valence-electron chi connectivity index (χ0n) is 15.5. The van der Waals surface area contributed by atoms with Crippen LogP contribution in [0.5, 0.6) is 0 Å². The van der Waals surface area contributed by atoms with E-state index in [2.05, 4.69) is 45.1 Å². The number of carbonyl (C=O) groups is 1. The summed E-state index contributed by atoms with van der Waals surface area (Å²) >= 11 is 0. The van der Waals surface area contributed by atoms with Gasteiger partial charge in [0.25, 0.3) is 0 Å². The van der Waals surface area contributed by atoms with Crippen LogP contribution in [0.25, 0.3) is 0 Å². The first-order chi connectivity index (χ1) is 9.71. The highest BCUT2D eigenvalue weighted by atomic mass is 35.5. The number of nitrogens with two attached hydrogens (primary N) is 1. The second-order valence-corrected chi connectivity index (χ2v) is 7.96. The first kappa shape index (κ1) is 25.2. The van der Waals surface area contributed by atoms with Crippen LogP contribution in [0.2, 0.25) is 0 Å². The SMILES string of the molecule is CC(NC(=O)CC1(CN)CCCCC1)C(C)(C)CN(C)C.Cl.Cl. The number of hydrogen-bond acceptors (Lipinski definition) is 3. The summed E-state index contributed by atoms with van der Waals surface area (Å²) in [4.78, 5) is 14.6. The van der Waals surface area contributed by atoms with Crippen LogP contribution in [-0.2, 0) is 4.79 Å². The van der Waals surface area contributed by atoms with E-state index in [0.29, 0.717) is 13.0 Å². The van der Waals surface area contributed by atoms with Crippen LogP contribution in [0.1, 0.15) is 59.3 Å². The number of nitrogens with zero attached hydrogens (tertiary/aromatic N) is 1. The van der Waals surface area contributed by atoms with Crippen LogP contribution in [-0.4, -0.2) is 44.0 Å². The minimum atomic E-state index is 0. The predicted molar refractivity (Wildman–Crippen MR) is 104 cm³/mol. The van der Waals surface area contributed by atoms with Gasteiger partial charge in [-0.25, -0.2) is 0 Å². The third-order valence-electron chi connectivity index (χ3n) is 5.16. The highest BCUT2D eigenvalue weighted by Crippen LogP contribution is 2.38. The summed E-state index contributed by atoms with van der Waals surface area (Å²) in [5, 5.41) is 3.21. The molecule has 1 fully saturated rings. The Kier molecular flexibility index (Phi) is 11.8. The zero-order valence-corrected chi connectivity index (χ0v) is 17.1. The quantitative estimate of drug-likeness (QED) is 0.723. The van der Waals surface area contributed by atoms with E-state index in [4.69, 9.17) is 5.73 Å². The van der Waals surface area contributed by atoms with Gasteiger partial charge in [0.05, 0.1) is 0 Å². The van der Waals surface area contributed by atoms with Crippen molar-refractivity contribution in [3.8, 4) is 0 Å². The van der Waals surface area contributed by atoms with Crippen molar-refractivity contribution >= 4 is 30.7 Å². The van der Waals surface area contributed by atoms with E-state index in [9.17, 15) is 4.79 Å². The van der Waals surface area contributed by atoms with E-state index >= 15 is 0 Å². The summed E-state index contributed by atoms with van der Waals surface area (Å²) < 4.78 is 0. The molecule has 140 valence electrons. The van der Waals surface area contributed by atoms with Crippen LogP contribution in [0.4, 0.5) is 0 Å². The molecule has 1 aliphatic carbocycles. The standard InChI is InChI=1S/C17H35N3O.2ClH/c1-14(16(2,3)13-20(4)5)19-15(21)11-17(12-18)9-7-6-8-10-17;;/h14H,6-13,18H2,1-5H3,(H,19,21);2*1H. The van der Waals surface area contributed by atoms with Crippen LogP contribution >= 0.6 is 24.8 Å². The van der Waals surface area contributed by atoms with Crippen molar-refractivity contribution in [2.45, 2.75) is 65.3 Å². The van der Waals surface area contributed by atoms with Crippen LogP contribution in [0.3, 0.4) is 0 Å². The Morgan fingerprint density at radius 3 is 2.17 bits per heavy atom. The Morgan fingerprint density at radius 1 is 1.22 bits per heavy atom. The summed E-state index contributed by atoms with van der Waals surface area (Å²) in [7, 11) is 4.14. The first-order valence-electron chi connectivity index (χ1n) is 8.35. The fourth-order valence-corrected chi connectivity index (χ4v) is 3.54. The second-order valence-electron chi connectivity index (χ2n) is 7.96.